The molecule has 0 heterocycles. The van der Waals surface area contributed by atoms with Crippen molar-refractivity contribution in [2.75, 3.05) is 12.4 Å². The minimum Gasteiger partial charge on any atom is -0.465 e. The number of methoxy groups -OCH3 is 1. The Morgan fingerprint density at radius 3 is 2.63 bits per heavy atom. The standard InChI is InChI=1S/C15H21NO3/c1-5-6-11(3)14(17)16-13-9-12(15(18)19-4)8-7-10(13)2/h7-9,11H,5-6H2,1-4H3,(H,16,17). The first-order valence-corrected chi connectivity index (χ1v) is 6.49. The molecular formula is C15H21NO3. The number of ether oxygens (including phenoxy) is 1. The molecule has 0 saturated heterocycles. The molecule has 1 atom stereocenters. The molecule has 4 nitrogen and oxygen atoms in total. The molecule has 4 heteroatoms. The molecule has 0 fully saturated rings. The van der Waals surface area contributed by atoms with E-state index < -0.39 is 5.97 Å². The van der Waals surface area contributed by atoms with Crippen molar-refractivity contribution < 1.29 is 14.3 Å². The number of esters is 1. The highest BCUT2D eigenvalue weighted by Gasteiger charge is 2.14. The smallest absolute Gasteiger partial charge is 0.337 e. The first kappa shape index (κ1) is 15.2. The van der Waals surface area contributed by atoms with E-state index in [1.54, 1.807) is 18.2 Å². The lowest BCUT2D eigenvalue weighted by molar-refractivity contribution is -0.119. The van der Waals surface area contributed by atoms with Crippen molar-refractivity contribution in [3.05, 3.63) is 29.3 Å². The lowest BCUT2D eigenvalue weighted by Crippen LogP contribution is -2.21. The molecule has 0 aliphatic heterocycles. The van der Waals surface area contributed by atoms with Gasteiger partial charge in [0.25, 0.3) is 0 Å². The molecular weight excluding hydrogens is 242 g/mol. The van der Waals surface area contributed by atoms with E-state index in [1.807, 2.05) is 20.8 Å². The van der Waals surface area contributed by atoms with E-state index >= 15 is 0 Å². The van der Waals surface area contributed by atoms with Crippen LogP contribution in [0.1, 0.15) is 42.6 Å². The van der Waals surface area contributed by atoms with Crippen LogP contribution in [0.5, 0.6) is 0 Å². The second-order valence-electron chi connectivity index (χ2n) is 4.70. The number of nitrogens with one attached hydrogen (secondary N) is 1. The number of benzene rings is 1. The molecule has 1 aromatic carbocycles. The number of aryl methyl sites for hydroxylation is 1. The molecule has 1 rings (SSSR count). The summed E-state index contributed by atoms with van der Waals surface area (Å²) in [6.07, 6.45) is 1.82. The maximum absolute atomic E-state index is 12.0. The van der Waals surface area contributed by atoms with Gasteiger partial charge in [0.05, 0.1) is 12.7 Å². The quantitative estimate of drug-likeness (QED) is 0.830. The van der Waals surface area contributed by atoms with Crippen molar-refractivity contribution >= 4 is 17.6 Å². The number of hydrogen-bond acceptors (Lipinski definition) is 3. The van der Waals surface area contributed by atoms with Crippen molar-refractivity contribution in [2.45, 2.75) is 33.6 Å². The molecule has 0 spiro atoms. The zero-order valence-electron chi connectivity index (χ0n) is 11.9. The third kappa shape index (κ3) is 4.09. The Kier molecular flexibility index (Phi) is 5.55. The van der Waals surface area contributed by atoms with Gasteiger partial charge in [0.2, 0.25) is 5.91 Å². The SMILES string of the molecule is CCCC(C)C(=O)Nc1cc(C(=O)OC)ccc1C. The van der Waals surface area contributed by atoms with Gasteiger partial charge in [-0.2, -0.15) is 0 Å². The first-order chi connectivity index (χ1) is 8.99. The van der Waals surface area contributed by atoms with Crippen LogP contribution in [-0.2, 0) is 9.53 Å². The highest BCUT2D eigenvalue weighted by molar-refractivity contribution is 5.96. The fourth-order valence-electron chi connectivity index (χ4n) is 1.82. The summed E-state index contributed by atoms with van der Waals surface area (Å²) in [6.45, 7) is 5.84. The minimum atomic E-state index is -0.405. The van der Waals surface area contributed by atoms with Gasteiger partial charge >= 0.3 is 5.97 Å². The van der Waals surface area contributed by atoms with Gasteiger partial charge in [-0.1, -0.05) is 26.3 Å². The number of carbonyl (C=O) groups excluding carboxylic acids is 2. The maximum atomic E-state index is 12.0. The molecule has 1 aromatic rings. The Morgan fingerprint density at radius 2 is 2.05 bits per heavy atom. The lowest BCUT2D eigenvalue weighted by Gasteiger charge is -2.13. The second kappa shape index (κ2) is 6.92. The molecule has 1 amide bonds. The monoisotopic (exact) mass is 263 g/mol. The molecule has 0 bridgehead atoms. The van der Waals surface area contributed by atoms with Crippen molar-refractivity contribution in [1.29, 1.82) is 0 Å². The van der Waals surface area contributed by atoms with E-state index in [9.17, 15) is 9.59 Å². The molecule has 0 saturated carbocycles. The van der Waals surface area contributed by atoms with E-state index in [1.165, 1.54) is 7.11 Å². The van der Waals surface area contributed by atoms with Gasteiger partial charge in [-0.25, -0.2) is 4.79 Å². The normalized spacial score (nSPS) is 11.8. The van der Waals surface area contributed by atoms with Gasteiger partial charge in [0.15, 0.2) is 0 Å². The molecule has 0 radical (unpaired) electrons. The average molecular weight is 263 g/mol. The van der Waals surface area contributed by atoms with E-state index in [-0.39, 0.29) is 11.8 Å². The van der Waals surface area contributed by atoms with Gasteiger partial charge in [-0.3, -0.25) is 4.79 Å². The van der Waals surface area contributed by atoms with Crippen LogP contribution in [0, 0.1) is 12.8 Å². The fourth-order valence-corrected chi connectivity index (χ4v) is 1.82. The van der Waals surface area contributed by atoms with E-state index in [2.05, 4.69) is 10.1 Å². The second-order valence-corrected chi connectivity index (χ2v) is 4.70. The van der Waals surface area contributed by atoms with Crippen LogP contribution in [0.4, 0.5) is 5.69 Å². The summed E-state index contributed by atoms with van der Waals surface area (Å²) in [5.41, 5.74) is 2.02. The number of carbonyl (C=O) groups is 2. The molecule has 0 aromatic heterocycles. The van der Waals surface area contributed by atoms with Gasteiger partial charge in [-0.15, -0.1) is 0 Å². The third-order valence-corrected chi connectivity index (χ3v) is 3.09. The first-order valence-electron chi connectivity index (χ1n) is 6.49. The topological polar surface area (TPSA) is 55.4 Å². The number of hydrogen-bond donors (Lipinski definition) is 1. The summed E-state index contributed by atoms with van der Waals surface area (Å²) in [5.74, 6) is -0.463. The van der Waals surface area contributed by atoms with Crippen molar-refractivity contribution in [2.24, 2.45) is 5.92 Å². The third-order valence-electron chi connectivity index (χ3n) is 3.09. The Morgan fingerprint density at radius 1 is 1.37 bits per heavy atom. The Labute approximate surface area is 114 Å². The number of anilines is 1. The predicted molar refractivity (Wildman–Crippen MR) is 75.2 cm³/mol. The Balaban J connectivity index is 2.88. The van der Waals surface area contributed by atoms with E-state index in [0.717, 1.165) is 18.4 Å². The highest BCUT2D eigenvalue weighted by atomic mass is 16.5. The van der Waals surface area contributed by atoms with Gasteiger partial charge in [-0.05, 0) is 31.0 Å². The van der Waals surface area contributed by atoms with Crippen LogP contribution < -0.4 is 5.32 Å². The zero-order chi connectivity index (χ0) is 14.4. The predicted octanol–water partition coefficient (Wildman–Crippen LogP) is 3.16. The van der Waals surface area contributed by atoms with Crippen LogP contribution in [-0.4, -0.2) is 19.0 Å². The summed E-state index contributed by atoms with van der Waals surface area (Å²) in [6, 6.07) is 5.14. The summed E-state index contributed by atoms with van der Waals surface area (Å²) >= 11 is 0. The summed E-state index contributed by atoms with van der Waals surface area (Å²) in [7, 11) is 1.34. The largest absolute Gasteiger partial charge is 0.465 e. The van der Waals surface area contributed by atoms with Crippen LogP contribution >= 0.6 is 0 Å². The number of rotatable bonds is 5. The van der Waals surface area contributed by atoms with Crippen LogP contribution in [0.15, 0.2) is 18.2 Å². The van der Waals surface area contributed by atoms with E-state index in [0.29, 0.717) is 11.3 Å². The van der Waals surface area contributed by atoms with E-state index in [4.69, 9.17) is 0 Å². The Bertz CT molecular complexity index is 468. The molecule has 1 unspecified atom stereocenters. The lowest BCUT2D eigenvalue weighted by atomic mass is 10.0. The minimum absolute atomic E-state index is 0.0213. The molecule has 0 aliphatic carbocycles. The summed E-state index contributed by atoms with van der Waals surface area (Å²) in [5, 5.41) is 2.87. The molecule has 1 N–H and O–H groups in total. The van der Waals surface area contributed by atoms with Crippen molar-refractivity contribution in [3.63, 3.8) is 0 Å². The highest BCUT2D eigenvalue weighted by Crippen LogP contribution is 2.19. The van der Waals surface area contributed by atoms with Crippen LogP contribution in [0.25, 0.3) is 0 Å². The molecule has 19 heavy (non-hydrogen) atoms. The van der Waals surface area contributed by atoms with Gasteiger partial charge < -0.3 is 10.1 Å². The number of amides is 1. The molecule has 104 valence electrons. The zero-order valence-corrected chi connectivity index (χ0v) is 11.9. The summed E-state index contributed by atoms with van der Waals surface area (Å²) < 4.78 is 4.67. The van der Waals surface area contributed by atoms with Gasteiger partial charge in [0, 0.05) is 11.6 Å². The fraction of sp³-hybridized carbons (Fsp3) is 0.467. The van der Waals surface area contributed by atoms with Crippen LogP contribution in [0.3, 0.4) is 0 Å². The average Bonchev–Trinajstić information content (AvgIpc) is 2.40. The summed E-state index contributed by atoms with van der Waals surface area (Å²) in [4.78, 5) is 23.4. The maximum Gasteiger partial charge on any atom is 0.337 e. The van der Waals surface area contributed by atoms with Crippen LogP contribution in [0.2, 0.25) is 0 Å². The van der Waals surface area contributed by atoms with Crippen molar-refractivity contribution in [1.82, 2.24) is 0 Å². The molecule has 0 aliphatic rings. The van der Waals surface area contributed by atoms with Crippen molar-refractivity contribution in [3.8, 4) is 0 Å². The Hall–Kier alpha value is -1.84. The van der Waals surface area contributed by atoms with Gasteiger partial charge in [0.1, 0.15) is 0 Å².